The highest BCUT2D eigenvalue weighted by Gasteiger charge is 2.07. The first-order chi connectivity index (χ1) is 9.08. The molecule has 0 aliphatic heterocycles. The minimum atomic E-state index is 0.213. The Kier molecular flexibility index (Phi) is 4.38. The van der Waals surface area contributed by atoms with Crippen molar-refractivity contribution in [3.05, 3.63) is 51.2 Å². The van der Waals surface area contributed by atoms with Crippen LogP contribution in [0, 0.1) is 20.8 Å². The summed E-state index contributed by atoms with van der Waals surface area (Å²) in [5, 5.41) is 5.32. The number of rotatable bonds is 5. The third-order valence-electron chi connectivity index (χ3n) is 3.13. The third-order valence-corrected chi connectivity index (χ3v) is 4.04. The fraction of sp³-hybridized carbons (Fsp3) is 0.312. The lowest BCUT2D eigenvalue weighted by molar-refractivity contribution is 0.0990. The van der Waals surface area contributed by atoms with Gasteiger partial charge >= 0.3 is 0 Å². The molecule has 1 aromatic carbocycles. The van der Waals surface area contributed by atoms with Gasteiger partial charge in [-0.1, -0.05) is 23.8 Å². The minimum absolute atomic E-state index is 0.213. The molecule has 2 rings (SSSR count). The first kappa shape index (κ1) is 13.8. The number of nitrogens with one attached hydrogen (secondary N) is 1. The van der Waals surface area contributed by atoms with Crippen LogP contribution >= 0.6 is 11.3 Å². The Morgan fingerprint density at radius 3 is 2.47 bits per heavy atom. The molecule has 3 heteroatoms. The summed E-state index contributed by atoms with van der Waals surface area (Å²) < 4.78 is 0. The van der Waals surface area contributed by atoms with Crippen LogP contribution in [0.1, 0.15) is 32.8 Å². The van der Waals surface area contributed by atoms with Gasteiger partial charge in [0.15, 0.2) is 5.78 Å². The number of benzene rings is 1. The lowest BCUT2D eigenvalue weighted by Crippen LogP contribution is -2.09. The van der Waals surface area contributed by atoms with Crippen LogP contribution in [-0.4, -0.2) is 12.3 Å². The van der Waals surface area contributed by atoms with E-state index in [4.69, 9.17) is 0 Å². The van der Waals surface area contributed by atoms with Gasteiger partial charge in [0.1, 0.15) is 0 Å². The zero-order valence-electron chi connectivity index (χ0n) is 11.6. The molecule has 1 aromatic heterocycles. The summed E-state index contributed by atoms with van der Waals surface area (Å²) in [6.07, 6.45) is 0.535. The molecule has 0 fully saturated rings. The van der Waals surface area contributed by atoms with Crippen molar-refractivity contribution >= 4 is 22.8 Å². The quantitative estimate of drug-likeness (QED) is 0.820. The number of anilines is 1. The van der Waals surface area contributed by atoms with E-state index in [0.717, 1.165) is 10.6 Å². The first-order valence-corrected chi connectivity index (χ1v) is 7.34. The molecule has 0 unspecified atom stereocenters. The topological polar surface area (TPSA) is 29.1 Å². The zero-order chi connectivity index (χ0) is 13.8. The van der Waals surface area contributed by atoms with E-state index in [1.807, 2.05) is 17.5 Å². The Hall–Kier alpha value is -1.61. The summed E-state index contributed by atoms with van der Waals surface area (Å²) in [5.74, 6) is 0.213. The van der Waals surface area contributed by atoms with Gasteiger partial charge in [-0.05, 0) is 43.3 Å². The Labute approximate surface area is 118 Å². The number of Topliss-reactive ketones (excluding diaryl/α,β-unsaturated/α-hetero) is 1. The van der Waals surface area contributed by atoms with Crippen molar-refractivity contribution in [1.82, 2.24) is 0 Å². The van der Waals surface area contributed by atoms with Gasteiger partial charge in [0.2, 0.25) is 0 Å². The molecule has 0 spiro atoms. The van der Waals surface area contributed by atoms with Crippen molar-refractivity contribution in [3.8, 4) is 0 Å². The maximum absolute atomic E-state index is 11.9. The Morgan fingerprint density at radius 2 is 1.89 bits per heavy atom. The molecular formula is C16H19NOS. The van der Waals surface area contributed by atoms with Crippen molar-refractivity contribution in [2.45, 2.75) is 27.2 Å². The van der Waals surface area contributed by atoms with E-state index in [1.54, 1.807) is 0 Å². The largest absolute Gasteiger partial charge is 0.384 e. The number of carbonyl (C=O) groups is 1. The summed E-state index contributed by atoms with van der Waals surface area (Å²) in [5.41, 5.74) is 4.90. The van der Waals surface area contributed by atoms with Crippen LogP contribution in [0.15, 0.2) is 29.6 Å². The van der Waals surface area contributed by atoms with E-state index < -0.39 is 0 Å². The van der Waals surface area contributed by atoms with Crippen molar-refractivity contribution in [1.29, 1.82) is 0 Å². The Morgan fingerprint density at radius 1 is 1.21 bits per heavy atom. The highest BCUT2D eigenvalue weighted by atomic mass is 32.1. The fourth-order valence-electron chi connectivity index (χ4n) is 2.32. The fourth-order valence-corrected chi connectivity index (χ4v) is 3.01. The van der Waals surface area contributed by atoms with Crippen molar-refractivity contribution in [2.24, 2.45) is 0 Å². The lowest BCUT2D eigenvalue weighted by Gasteiger charge is -2.13. The maximum Gasteiger partial charge on any atom is 0.174 e. The van der Waals surface area contributed by atoms with E-state index in [-0.39, 0.29) is 5.78 Å². The van der Waals surface area contributed by atoms with Crippen LogP contribution in [0.5, 0.6) is 0 Å². The normalized spacial score (nSPS) is 10.5. The number of carbonyl (C=O) groups excluding carboxylic acids is 1. The molecule has 100 valence electrons. The minimum Gasteiger partial charge on any atom is -0.384 e. The molecule has 0 saturated heterocycles. The number of hydrogen-bond acceptors (Lipinski definition) is 3. The highest BCUT2D eigenvalue weighted by molar-refractivity contribution is 7.12. The summed E-state index contributed by atoms with van der Waals surface area (Å²) >= 11 is 1.51. The van der Waals surface area contributed by atoms with Crippen LogP contribution in [0.25, 0.3) is 0 Å². The number of aryl methyl sites for hydroxylation is 3. The molecule has 1 heterocycles. The van der Waals surface area contributed by atoms with Gasteiger partial charge in [-0.2, -0.15) is 0 Å². The van der Waals surface area contributed by atoms with Gasteiger partial charge in [0, 0.05) is 18.7 Å². The van der Waals surface area contributed by atoms with Gasteiger partial charge in [0.05, 0.1) is 4.88 Å². The summed E-state index contributed by atoms with van der Waals surface area (Å²) in [4.78, 5) is 12.7. The molecule has 2 nitrogen and oxygen atoms in total. The molecule has 0 saturated carbocycles. The van der Waals surface area contributed by atoms with Gasteiger partial charge in [0.25, 0.3) is 0 Å². The summed E-state index contributed by atoms with van der Waals surface area (Å²) in [6.45, 7) is 6.98. The first-order valence-electron chi connectivity index (χ1n) is 6.46. The lowest BCUT2D eigenvalue weighted by atomic mass is 10.0. The van der Waals surface area contributed by atoms with E-state index in [1.165, 1.54) is 28.0 Å². The van der Waals surface area contributed by atoms with Crippen LogP contribution in [0.4, 0.5) is 5.69 Å². The van der Waals surface area contributed by atoms with Gasteiger partial charge in [-0.3, -0.25) is 4.79 Å². The molecule has 1 N–H and O–H groups in total. The van der Waals surface area contributed by atoms with Crippen LogP contribution < -0.4 is 5.32 Å². The molecule has 0 aliphatic carbocycles. The predicted octanol–water partition coefficient (Wildman–Crippen LogP) is 4.36. The Balaban J connectivity index is 1.95. The van der Waals surface area contributed by atoms with E-state index >= 15 is 0 Å². The van der Waals surface area contributed by atoms with Gasteiger partial charge in [-0.15, -0.1) is 11.3 Å². The van der Waals surface area contributed by atoms with Crippen LogP contribution in [0.3, 0.4) is 0 Å². The monoisotopic (exact) mass is 273 g/mol. The SMILES string of the molecule is Cc1cc(C)c(NCCC(=O)c2cccs2)c(C)c1. The average molecular weight is 273 g/mol. The second kappa shape index (κ2) is 6.02. The van der Waals surface area contributed by atoms with Gasteiger partial charge < -0.3 is 5.32 Å². The maximum atomic E-state index is 11.9. The molecule has 0 aliphatic rings. The third kappa shape index (κ3) is 3.44. The van der Waals surface area contributed by atoms with Gasteiger partial charge in [-0.25, -0.2) is 0 Å². The second-order valence-corrected chi connectivity index (χ2v) is 5.80. The second-order valence-electron chi connectivity index (χ2n) is 4.85. The molecule has 0 amide bonds. The van der Waals surface area contributed by atoms with E-state index in [0.29, 0.717) is 13.0 Å². The van der Waals surface area contributed by atoms with E-state index in [2.05, 4.69) is 38.2 Å². The average Bonchev–Trinajstić information content (AvgIpc) is 2.85. The zero-order valence-corrected chi connectivity index (χ0v) is 12.4. The highest BCUT2D eigenvalue weighted by Crippen LogP contribution is 2.22. The van der Waals surface area contributed by atoms with Crippen molar-refractivity contribution < 1.29 is 4.79 Å². The molecule has 19 heavy (non-hydrogen) atoms. The molecular weight excluding hydrogens is 254 g/mol. The molecule has 0 radical (unpaired) electrons. The molecule has 2 aromatic rings. The number of thiophene rings is 1. The summed E-state index contributed by atoms with van der Waals surface area (Å²) in [7, 11) is 0. The van der Waals surface area contributed by atoms with E-state index in [9.17, 15) is 4.79 Å². The van der Waals surface area contributed by atoms with Crippen LogP contribution in [0.2, 0.25) is 0 Å². The molecule has 0 atom stereocenters. The van der Waals surface area contributed by atoms with Crippen molar-refractivity contribution in [2.75, 3.05) is 11.9 Å². The predicted molar refractivity (Wildman–Crippen MR) is 82.4 cm³/mol. The Bertz CT molecular complexity index is 549. The van der Waals surface area contributed by atoms with Crippen molar-refractivity contribution in [3.63, 3.8) is 0 Å². The number of ketones is 1. The molecule has 0 bridgehead atoms. The smallest absolute Gasteiger partial charge is 0.174 e. The standard InChI is InChI=1S/C16H19NOS/c1-11-9-12(2)16(13(3)10-11)17-7-6-14(18)15-5-4-8-19-15/h4-5,8-10,17H,6-7H2,1-3H3. The summed E-state index contributed by atoms with van der Waals surface area (Å²) in [6, 6.07) is 8.13. The number of hydrogen-bond donors (Lipinski definition) is 1. The van der Waals surface area contributed by atoms with Crippen LogP contribution in [-0.2, 0) is 0 Å².